The maximum absolute atomic E-state index is 5.64. The first-order chi connectivity index (χ1) is 13.2. The number of methoxy groups -OCH3 is 1. The number of thiazole rings is 1. The highest BCUT2D eigenvalue weighted by atomic mass is 32.1. The Morgan fingerprint density at radius 3 is 2.67 bits per heavy atom. The first-order valence-corrected chi connectivity index (χ1v) is 10.1. The number of aliphatic imine (C=N–C) groups is 1. The minimum atomic E-state index is 0.629. The molecule has 0 fully saturated rings. The Morgan fingerprint density at radius 1 is 1.19 bits per heavy atom. The molecule has 7 heteroatoms. The van der Waals surface area contributed by atoms with Crippen LogP contribution in [0.15, 0.2) is 29.4 Å². The van der Waals surface area contributed by atoms with Crippen molar-refractivity contribution in [3.8, 4) is 11.5 Å². The van der Waals surface area contributed by atoms with Crippen LogP contribution >= 0.6 is 11.3 Å². The topological polar surface area (TPSA) is 67.8 Å². The van der Waals surface area contributed by atoms with Crippen LogP contribution < -0.4 is 20.1 Å². The maximum atomic E-state index is 5.64. The van der Waals surface area contributed by atoms with Crippen molar-refractivity contribution in [2.24, 2.45) is 4.99 Å². The number of guanidine groups is 1. The zero-order chi connectivity index (χ0) is 19.5. The number of nitrogens with zero attached hydrogens (tertiary/aromatic N) is 2. The van der Waals surface area contributed by atoms with E-state index in [9.17, 15) is 0 Å². The average Bonchev–Trinajstić information content (AvgIpc) is 3.09. The molecule has 0 unspecified atom stereocenters. The number of aromatic nitrogens is 1. The number of ether oxygens (including phenoxy) is 2. The van der Waals surface area contributed by atoms with Crippen LogP contribution in [0.1, 0.15) is 28.8 Å². The standard InChI is InChI=1S/C20H30N4O2S/c1-5-26-18-13-16(8-9-17(18)25-4)7-6-11-22-20(21-3)23-12-10-19-24-14-15(2)27-19/h8-9,13-14H,5-7,10-12H2,1-4H3,(H2,21,22,23). The summed E-state index contributed by atoms with van der Waals surface area (Å²) in [6.07, 6.45) is 4.80. The van der Waals surface area contributed by atoms with Crippen LogP contribution in [0.25, 0.3) is 0 Å². The predicted molar refractivity (Wildman–Crippen MR) is 112 cm³/mol. The summed E-state index contributed by atoms with van der Waals surface area (Å²) in [4.78, 5) is 9.90. The molecule has 0 aliphatic carbocycles. The molecule has 2 rings (SSSR count). The third-order valence-electron chi connectivity index (χ3n) is 3.99. The van der Waals surface area contributed by atoms with Crippen LogP contribution in [0.5, 0.6) is 11.5 Å². The third-order valence-corrected chi connectivity index (χ3v) is 4.96. The van der Waals surface area contributed by atoms with Gasteiger partial charge in [0.15, 0.2) is 17.5 Å². The number of nitrogens with one attached hydrogen (secondary N) is 2. The molecule has 0 amide bonds. The molecule has 2 aromatic rings. The SMILES string of the molecule is CCOc1cc(CCCNC(=NC)NCCc2ncc(C)s2)ccc1OC. The minimum Gasteiger partial charge on any atom is -0.493 e. The molecule has 0 aliphatic rings. The van der Waals surface area contributed by atoms with Gasteiger partial charge in [0.05, 0.1) is 18.7 Å². The summed E-state index contributed by atoms with van der Waals surface area (Å²) in [7, 11) is 3.45. The summed E-state index contributed by atoms with van der Waals surface area (Å²) in [6.45, 7) is 6.36. The Labute approximate surface area is 166 Å². The zero-order valence-corrected chi connectivity index (χ0v) is 17.5. The van der Waals surface area contributed by atoms with Crippen LogP contribution in [-0.4, -0.2) is 44.8 Å². The zero-order valence-electron chi connectivity index (χ0n) is 16.7. The van der Waals surface area contributed by atoms with E-state index in [0.717, 1.165) is 54.8 Å². The van der Waals surface area contributed by atoms with E-state index in [4.69, 9.17) is 9.47 Å². The van der Waals surface area contributed by atoms with Gasteiger partial charge in [-0.3, -0.25) is 4.99 Å². The fraction of sp³-hybridized carbons (Fsp3) is 0.500. The van der Waals surface area contributed by atoms with Crippen LogP contribution in [0.4, 0.5) is 0 Å². The second-order valence-corrected chi connectivity index (χ2v) is 7.38. The maximum Gasteiger partial charge on any atom is 0.190 e. The van der Waals surface area contributed by atoms with Gasteiger partial charge < -0.3 is 20.1 Å². The van der Waals surface area contributed by atoms with E-state index >= 15 is 0 Å². The van der Waals surface area contributed by atoms with Crippen LogP contribution in [0, 0.1) is 6.92 Å². The van der Waals surface area contributed by atoms with E-state index in [2.05, 4.69) is 39.7 Å². The summed E-state index contributed by atoms with van der Waals surface area (Å²) in [5.74, 6) is 2.41. The van der Waals surface area contributed by atoms with Crippen molar-refractivity contribution in [2.75, 3.05) is 33.9 Å². The van der Waals surface area contributed by atoms with Crippen molar-refractivity contribution in [1.29, 1.82) is 0 Å². The molecule has 6 nitrogen and oxygen atoms in total. The summed E-state index contributed by atoms with van der Waals surface area (Å²) in [5, 5.41) is 7.85. The van der Waals surface area contributed by atoms with Gasteiger partial charge in [-0.1, -0.05) is 6.07 Å². The molecule has 0 saturated heterocycles. The molecule has 0 radical (unpaired) electrons. The number of benzene rings is 1. The van der Waals surface area contributed by atoms with Gasteiger partial charge in [0, 0.05) is 37.6 Å². The summed E-state index contributed by atoms with van der Waals surface area (Å²) >= 11 is 1.74. The minimum absolute atomic E-state index is 0.629. The van der Waals surface area contributed by atoms with Gasteiger partial charge in [-0.25, -0.2) is 4.98 Å². The fourth-order valence-electron chi connectivity index (χ4n) is 2.67. The molecule has 1 aromatic heterocycles. The number of hydrogen-bond donors (Lipinski definition) is 2. The van der Waals surface area contributed by atoms with Gasteiger partial charge in [0.2, 0.25) is 0 Å². The van der Waals surface area contributed by atoms with Crippen LogP contribution in [-0.2, 0) is 12.8 Å². The molecule has 0 bridgehead atoms. The van der Waals surface area contributed by atoms with E-state index in [1.807, 2.05) is 19.2 Å². The summed E-state index contributed by atoms with van der Waals surface area (Å²) < 4.78 is 11.0. The molecular formula is C20H30N4O2S. The summed E-state index contributed by atoms with van der Waals surface area (Å²) in [6, 6.07) is 6.12. The van der Waals surface area contributed by atoms with Gasteiger partial charge in [-0.2, -0.15) is 0 Å². The second kappa shape index (κ2) is 11.4. The van der Waals surface area contributed by atoms with Crippen molar-refractivity contribution < 1.29 is 9.47 Å². The smallest absolute Gasteiger partial charge is 0.190 e. The monoisotopic (exact) mass is 390 g/mol. The lowest BCUT2D eigenvalue weighted by Crippen LogP contribution is -2.38. The van der Waals surface area contributed by atoms with Gasteiger partial charge in [-0.05, 0) is 44.4 Å². The average molecular weight is 391 g/mol. The van der Waals surface area contributed by atoms with Crippen molar-refractivity contribution in [1.82, 2.24) is 15.6 Å². The number of hydrogen-bond acceptors (Lipinski definition) is 5. The number of rotatable bonds is 10. The molecule has 1 heterocycles. The molecule has 1 aromatic carbocycles. The largest absolute Gasteiger partial charge is 0.493 e. The fourth-order valence-corrected chi connectivity index (χ4v) is 3.46. The Hall–Kier alpha value is -2.28. The Balaban J connectivity index is 1.70. The van der Waals surface area contributed by atoms with Crippen LogP contribution in [0.2, 0.25) is 0 Å². The van der Waals surface area contributed by atoms with Gasteiger partial charge in [0.1, 0.15) is 0 Å². The lowest BCUT2D eigenvalue weighted by Gasteiger charge is -2.13. The van der Waals surface area contributed by atoms with E-state index < -0.39 is 0 Å². The Bertz CT molecular complexity index is 731. The van der Waals surface area contributed by atoms with Crippen LogP contribution in [0.3, 0.4) is 0 Å². The molecule has 0 spiro atoms. The Morgan fingerprint density at radius 2 is 2.00 bits per heavy atom. The number of aryl methyl sites for hydroxylation is 2. The third kappa shape index (κ3) is 7.09. The van der Waals surface area contributed by atoms with E-state index in [0.29, 0.717) is 6.61 Å². The second-order valence-electron chi connectivity index (χ2n) is 6.06. The molecule has 2 N–H and O–H groups in total. The highest BCUT2D eigenvalue weighted by Gasteiger charge is 2.06. The van der Waals surface area contributed by atoms with Crippen molar-refractivity contribution in [3.05, 3.63) is 39.8 Å². The molecule has 148 valence electrons. The quantitative estimate of drug-likeness (QED) is 0.370. The normalized spacial score (nSPS) is 11.3. The lowest BCUT2D eigenvalue weighted by atomic mass is 10.1. The van der Waals surface area contributed by atoms with Gasteiger partial charge >= 0.3 is 0 Å². The predicted octanol–water partition coefficient (Wildman–Crippen LogP) is 3.20. The molecule has 0 atom stereocenters. The first kappa shape index (κ1) is 21.0. The van der Waals surface area contributed by atoms with Gasteiger partial charge in [0.25, 0.3) is 0 Å². The lowest BCUT2D eigenvalue weighted by molar-refractivity contribution is 0.310. The molecule has 0 saturated carbocycles. The van der Waals surface area contributed by atoms with E-state index in [1.165, 1.54) is 10.4 Å². The molecule has 0 aliphatic heterocycles. The van der Waals surface area contributed by atoms with Crippen molar-refractivity contribution in [3.63, 3.8) is 0 Å². The first-order valence-electron chi connectivity index (χ1n) is 9.31. The summed E-state index contributed by atoms with van der Waals surface area (Å²) in [5.41, 5.74) is 1.24. The van der Waals surface area contributed by atoms with Gasteiger partial charge in [-0.15, -0.1) is 11.3 Å². The van der Waals surface area contributed by atoms with E-state index in [-0.39, 0.29) is 0 Å². The molecular weight excluding hydrogens is 360 g/mol. The van der Waals surface area contributed by atoms with E-state index in [1.54, 1.807) is 25.5 Å². The highest BCUT2D eigenvalue weighted by molar-refractivity contribution is 7.11. The van der Waals surface area contributed by atoms with Crippen molar-refractivity contribution in [2.45, 2.75) is 33.1 Å². The molecule has 27 heavy (non-hydrogen) atoms. The Kier molecular flexibility index (Phi) is 8.91. The van der Waals surface area contributed by atoms with Crippen molar-refractivity contribution >= 4 is 17.3 Å². The highest BCUT2D eigenvalue weighted by Crippen LogP contribution is 2.28.